The number of anilines is 1. The van der Waals surface area contributed by atoms with Gasteiger partial charge in [-0.2, -0.15) is 13.2 Å². The van der Waals surface area contributed by atoms with Crippen molar-refractivity contribution in [1.82, 2.24) is 25.7 Å². The van der Waals surface area contributed by atoms with Gasteiger partial charge in [0.25, 0.3) is 5.91 Å². The number of nitrogens with zero attached hydrogens (tertiary/aromatic N) is 3. The van der Waals surface area contributed by atoms with E-state index in [0.29, 0.717) is 12.1 Å². The van der Waals surface area contributed by atoms with E-state index >= 15 is 0 Å². The lowest BCUT2D eigenvalue weighted by Crippen LogP contribution is -2.44. The number of nitrogen functional groups attached to an aromatic ring is 1. The Morgan fingerprint density at radius 2 is 2.10 bits per heavy atom. The zero-order valence-corrected chi connectivity index (χ0v) is 16.8. The summed E-state index contributed by atoms with van der Waals surface area (Å²) in [6.45, 7) is 2.74. The largest absolute Gasteiger partial charge is 0.417 e. The summed E-state index contributed by atoms with van der Waals surface area (Å²) in [6.07, 6.45) is -3.35. The predicted octanol–water partition coefficient (Wildman–Crippen LogP) is 2.86. The molecule has 11 heteroatoms. The number of alkyl halides is 3. The van der Waals surface area contributed by atoms with Crippen molar-refractivity contribution in [2.75, 3.05) is 12.3 Å². The maximum Gasteiger partial charge on any atom is 0.417 e. The summed E-state index contributed by atoms with van der Waals surface area (Å²) in [5, 5.41) is -0.600. The second-order valence-electron chi connectivity index (χ2n) is 7.46. The molecule has 1 aromatic carbocycles. The molecule has 3 heterocycles. The molecule has 7 nitrogen and oxygen atoms in total. The molecule has 0 radical (unpaired) electrons. The van der Waals surface area contributed by atoms with Gasteiger partial charge in [-0.3, -0.25) is 10.2 Å². The lowest BCUT2D eigenvalue weighted by Gasteiger charge is -2.36. The fraction of sp³-hybridized carbons (Fsp3) is 0.421. The number of carbonyl (C=O) groups excluding carboxylic acids is 1. The number of nitrogens with one attached hydrogen (secondary N) is 2. The number of carbonyl (C=O) groups is 1. The molecule has 2 atom stereocenters. The van der Waals surface area contributed by atoms with Crippen LogP contribution in [0.2, 0.25) is 5.02 Å². The van der Waals surface area contributed by atoms with E-state index in [0.717, 1.165) is 30.3 Å². The minimum atomic E-state index is -4.65. The van der Waals surface area contributed by atoms with Gasteiger partial charge in [-0.05, 0) is 31.9 Å². The van der Waals surface area contributed by atoms with Crippen LogP contribution >= 0.6 is 11.6 Å². The number of hydrogen-bond donors (Lipinski definition) is 3. The number of hydrazine groups is 1. The molecule has 30 heavy (non-hydrogen) atoms. The SMILES string of the molecule is CC1Cc2c(nc(N)nc2C2CCNN2)CN1C(=O)c1cccc(C(F)(F)F)c1Cl. The summed E-state index contributed by atoms with van der Waals surface area (Å²) in [4.78, 5) is 23.3. The first kappa shape index (κ1) is 20.8. The fourth-order valence-electron chi connectivity index (χ4n) is 3.97. The lowest BCUT2D eigenvalue weighted by atomic mass is 9.93. The molecule has 4 rings (SSSR count). The molecule has 0 aliphatic carbocycles. The summed E-state index contributed by atoms with van der Waals surface area (Å²) in [5.74, 6) is -0.486. The summed E-state index contributed by atoms with van der Waals surface area (Å²) in [5.41, 5.74) is 13.2. The highest BCUT2D eigenvalue weighted by molar-refractivity contribution is 6.34. The molecule has 4 N–H and O–H groups in total. The van der Waals surface area contributed by atoms with Crippen LogP contribution in [-0.2, 0) is 19.1 Å². The number of amides is 1. The van der Waals surface area contributed by atoms with Crippen molar-refractivity contribution >= 4 is 23.5 Å². The van der Waals surface area contributed by atoms with E-state index in [4.69, 9.17) is 17.3 Å². The Balaban J connectivity index is 1.68. The second-order valence-corrected chi connectivity index (χ2v) is 7.83. The molecule has 1 saturated heterocycles. The smallest absolute Gasteiger partial charge is 0.368 e. The van der Waals surface area contributed by atoms with Gasteiger partial charge in [0.15, 0.2) is 0 Å². The van der Waals surface area contributed by atoms with E-state index in [-0.39, 0.29) is 30.1 Å². The molecule has 2 unspecified atom stereocenters. The summed E-state index contributed by atoms with van der Waals surface area (Å²) in [6, 6.07) is 3.04. The van der Waals surface area contributed by atoms with Gasteiger partial charge in [-0.25, -0.2) is 15.4 Å². The Bertz CT molecular complexity index is 993. The van der Waals surface area contributed by atoms with Crippen LogP contribution in [0.1, 0.15) is 52.3 Å². The van der Waals surface area contributed by atoms with Crippen molar-refractivity contribution in [3.63, 3.8) is 0 Å². The Kier molecular flexibility index (Phi) is 5.33. The number of rotatable bonds is 2. The first-order valence-electron chi connectivity index (χ1n) is 9.47. The number of aromatic nitrogens is 2. The molecule has 2 aliphatic heterocycles. The molecule has 1 amide bonds. The number of halogens is 4. The van der Waals surface area contributed by atoms with Crippen LogP contribution in [-0.4, -0.2) is 33.4 Å². The van der Waals surface area contributed by atoms with Gasteiger partial charge < -0.3 is 10.6 Å². The standard InChI is InChI=1S/C19H20ClF3N6O/c1-9-7-11-14(26-18(24)27-16(11)13-5-6-25-28-13)8-29(9)17(30)10-3-2-4-12(15(10)20)19(21,22)23/h2-4,9,13,25,28H,5-8H2,1H3,(H2,24,26,27). The van der Waals surface area contributed by atoms with Crippen molar-refractivity contribution in [3.8, 4) is 0 Å². The zero-order valence-electron chi connectivity index (χ0n) is 16.1. The van der Waals surface area contributed by atoms with Crippen LogP contribution in [0.3, 0.4) is 0 Å². The van der Waals surface area contributed by atoms with Crippen molar-refractivity contribution in [2.45, 2.75) is 44.6 Å². The molecular weight excluding hydrogens is 421 g/mol. The van der Waals surface area contributed by atoms with E-state index in [9.17, 15) is 18.0 Å². The maximum absolute atomic E-state index is 13.2. The third-order valence-corrected chi connectivity index (χ3v) is 5.86. The first-order chi connectivity index (χ1) is 14.2. The highest BCUT2D eigenvalue weighted by Crippen LogP contribution is 2.37. The van der Waals surface area contributed by atoms with Gasteiger partial charge in [0.1, 0.15) is 0 Å². The Hall–Kier alpha value is -2.43. The average molecular weight is 441 g/mol. The molecule has 1 fully saturated rings. The second kappa shape index (κ2) is 7.68. The van der Waals surface area contributed by atoms with Crippen molar-refractivity contribution in [3.05, 3.63) is 51.3 Å². The molecule has 2 aliphatic rings. The minimum Gasteiger partial charge on any atom is -0.368 e. The Morgan fingerprint density at radius 3 is 2.77 bits per heavy atom. The molecule has 2 aromatic rings. The third kappa shape index (κ3) is 3.70. The van der Waals surface area contributed by atoms with Gasteiger partial charge >= 0.3 is 6.18 Å². The summed E-state index contributed by atoms with van der Waals surface area (Å²) >= 11 is 5.96. The van der Waals surface area contributed by atoms with Crippen LogP contribution in [0.5, 0.6) is 0 Å². The van der Waals surface area contributed by atoms with E-state index in [1.807, 2.05) is 6.92 Å². The van der Waals surface area contributed by atoms with E-state index in [1.54, 1.807) is 0 Å². The van der Waals surface area contributed by atoms with Gasteiger partial charge in [0.05, 0.1) is 40.1 Å². The monoisotopic (exact) mass is 440 g/mol. The molecule has 0 saturated carbocycles. The van der Waals surface area contributed by atoms with E-state index in [2.05, 4.69) is 20.8 Å². The van der Waals surface area contributed by atoms with Crippen molar-refractivity contribution in [1.29, 1.82) is 0 Å². The Labute approximate surface area is 175 Å². The van der Waals surface area contributed by atoms with Crippen LogP contribution in [0, 0.1) is 0 Å². The quantitative estimate of drug-likeness (QED) is 0.664. The molecule has 160 valence electrons. The number of nitrogens with two attached hydrogens (primary N) is 1. The topological polar surface area (TPSA) is 96.2 Å². The fourth-order valence-corrected chi connectivity index (χ4v) is 4.28. The molecule has 0 bridgehead atoms. The molecule has 1 aromatic heterocycles. The average Bonchev–Trinajstić information content (AvgIpc) is 3.20. The summed E-state index contributed by atoms with van der Waals surface area (Å²) in [7, 11) is 0. The van der Waals surface area contributed by atoms with Gasteiger partial charge in [0.2, 0.25) is 5.95 Å². The van der Waals surface area contributed by atoms with Crippen LogP contribution in [0.25, 0.3) is 0 Å². The normalized spacial score (nSPS) is 21.6. The third-order valence-electron chi connectivity index (χ3n) is 5.45. The zero-order chi connectivity index (χ0) is 21.6. The molecular formula is C19H20ClF3N6O. The lowest BCUT2D eigenvalue weighted by molar-refractivity contribution is -0.137. The number of benzene rings is 1. The van der Waals surface area contributed by atoms with Crippen LogP contribution in [0.4, 0.5) is 19.1 Å². The Morgan fingerprint density at radius 1 is 1.33 bits per heavy atom. The highest BCUT2D eigenvalue weighted by atomic mass is 35.5. The van der Waals surface area contributed by atoms with Gasteiger partial charge in [-0.1, -0.05) is 17.7 Å². The minimum absolute atomic E-state index is 0.0172. The van der Waals surface area contributed by atoms with E-state index in [1.165, 1.54) is 17.0 Å². The number of fused-ring (bicyclic) bond motifs is 1. The van der Waals surface area contributed by atoms with Crippen molar-refractivity contribution in [2.24, 2.45) is 0 Å². The molecule has 0 spiro atoms. The maximum atomic E-state index is 13.2. The van der Waals surface area contributed by atoms with Crippen LogP contribution < -0.4 is 16.6 Å². The van der Waals surface area contributed by atoms with Crippen LogP contribution in [0.15, 0.2) is 18.2 Å². The summed E-state index contributed by atoms with van der Waals surface area (Å²) < 4.78 is 39.6. The first-order valence-corrected chi connectivity index (χ1v) is 9.85. The highest BCUT2D eigenvalue weighted by Gasteiger charge is 2.37. The van der Waals surface area contributed by atoms with Gasteiger partial charge in [0, 0.05) is 18.2 Å². The predicted molar refractivity (Wildman–Crippen MR) is 104 cm³/mol. The number of hydrogen-bond acceptors (Lipinski definition) is 6. The van der Waals surface area contributed by atoms with E-state index < -0.39 is 22.7 Å². The van der Waals surface area contributed by atoms with Crippen molar-refractivity contribution < 1.29 is 18.0 Å². The van der Waals surface area contributed by atoms with Gasteiger partial charge in [-0.15, -0.1) is 0 Å².